The molecule has 0 atom stereocenters. The maximum atomic E-state index is 5.90. The molecule has 0 aliphatic carbocycles. The van der Waals surface area contributed by atoms with Crippen LogP contribution in [-0.4, -0.2) is 15.2 Å². The molecule has 0 aliphatic heterocycles. The van der Waals surface area contributed by atoms with Crippen LogP contribution in [0.2, 0.25) is 5.02 Å². The zero-order valence-corrected chi connectivity index (χ0v) is 10.0. The Labute approximate surface area is 98.6 Å². The van der Waals surface area contributed by atoms with E-state index in [4.69, 9.17) is 23.8 Å². The first-order valence-electron chi connectivity index (χ1n) is 3.76. The standard InChI is InChI=1S/C8H5BrClN3S/c9-5-1-4(2-6(10)3-5)7-11-8(14)13-12-7/h1-3H,(H2,11,12,13,14). The summed E-state index contributed by atoms with van der Waals surface area (Å²) in [5, 5.41) is 6.23. The lowest BCUT2D eigenvalue weighted by molar-refractivity contribution is 1.08. The normalized spacial score (nSPS) is 10.4. The quantitative estimate of drug-likeness (QED) is 0.789. The highest BCUT2D eigenvalue weighted by atomic mass is 79.9. The highest BCUT2D eigenvalue weighted by Crippen LogP contribution is 2.24. The van der Waals surface area contributed by atoms with E-state index in [1.54, 1.807) is 0 Å². The molecular formula is C8H5BrClN3S. The van der Waals surface area contributed by atoms with Gasteiger partial charge in [-0.2, -0.15) is 4.98 Å². The summed E-state index contributed by atoms with van der Waals surface area (Å²) in [7, 11) is 0. The number of hydrogen-bond donors (Lipinski definition) is 2. The highest BCUT2D eigenvalue weighted by molar-refractivity contribution is 9.10. The highest BCUT2D eigenvalue weighted by Gasteiger charge is 2.03. The Morgan fingerprint density at radius 3 is 2.64 bits per heavy atom. The lowest BCUT2D eigenvalue weighted by Gasteiger charge is -1.98. The molecule has 0 spiro atoms. The topological polar surface area (TPSA) is 44.5 Å². The molecule has 0 fully saturated rings. The summed E-state index contributed by atoms with van der Waals surface area (Å²) in [6.07, 6.45) is 0. The summed E-state index contributed by atoms with van der Waals surface area (Å²) in [6.45, 7) is 0. The first-order chi connectivity index (χ1) is 6.65. The van der Waals surface area contributed by atoms with Crippen LogP contribution in [0.15, 0.2) is 22.7 Å². The number of rotatable bonds is 1. The molecule has 0 unspecified atom stereocenters. The molecule has 14 heavy (non-hydrogen) atoms. The fraction of sp³-hybridized carbons (Fsp3) is 0. The third kappa shape index (κ3) is 2.05. The van der Waals surface area contributed by atoms with E-state index in [0.717, 1.165) is 10.0 Å². The van der Waals surface area contributed by atoms with Crippen LogP contribution in [0.3, 0.4) is 0 Å². The van der Waals surface area contributed by atoms with Crippen LogP contribution in [0, 0.1) is 4.77 Å². The van der Waals surface area contributed by atoms with E-state index < -0.39 is 0 Å². The Hall–Kier alpha value is -0.650. The molecule has 6 heteroatoms. The molecule has 3 nitrogen and oxygen atoms in total. The van der Waals surface area contributed by atoms with Crippen molar-refractivity contribution in [1.29, 1.82) is 0 Å². The molecule has 72 valence electrons. The number of halogens is 2. The van der Waals surface area contributed by atoms with Gasteiger partial charge in [0.15, 0.2) is 5.82 Å². The molecular weight excluding hydrogens is 286 g/mol. The average molecular weight is 291 g/mol. The Morgan fingerprint density at radius 2 is 2.07 bits per heavy atom. The van der Waals surface area contributed by atoms with Gasteiger partial charge in [-0.3, -0.25) is 10.2 Å². The average Bonchev–Trinajstić information content (AvgIpc) is 2.50. The Bertz CT molecular complexity index is 499. The summed E-state index contributed by atoms with van der Waals surface area (Å²) in [5.74, 6) is 0.679. The van der Waals surface area contributed by atoms with Gasteiger partial charge in [-0.1, -0.05) is 27.5 Å². The van der Waals surface area contributed by atoms with Crippen LogP contribution in [0.25, 0.3) is 11.4 Å². The van der Waals surface area contributed by atoms with Crippen molar-refractivity contribution < 1.29 is 0 Å². The van der Waals surface area contributed by atoms with Crippen LogP contribution < -0.4 is 0 Å². The number of nitrogens with one attached hydrogen (secondary N) is 2. The second-order valence-corrected chi connectivity index (χ2v) is 4.41. The maximum absolute atomic E-state index is 5.90. The first-order valence-corrected chi connectivity index (χ1v) is 5.34. The first kappa shape index (κ1) is 9.89. The molecule has 1 aromatic heterocycles. The zero-order valence-electron chi connectivity index (χ0n) is 6.84. The predicted molar refractivity (Wildman–Crippen MR) is 61.9 cm³/mol. The molecule has 0 bridgehead atoms. The minimum atomic E-state index is 0.427. The molecule has 0 aliphatic rings. The van der Waals surface area contributed by atoms with Gasteiger partial charge in [-0.15, -0.1) is 0 Å². The molecule has 0 saturated carbocycles. The molecule has 1 aromatic carbocycles. The smallest absolute Gasteiger partial charge is 0.213 e. The Morgan fingerprint density at radius 1 is 1.29 bits per heavy atom. The van der Waals surface area contributed by atoms with Crippen molar-refractivity contribution in [2.75, 3.05) is 0 Å². The number of aromatic amines is 2. The van der Waals surface area contributed by atoms with E-state index in [2.05, 4.69) is 31.1 Å². The van der Waals surface area contributed by atoms with Crippen molar-refractivity contribution in [2.24, 2.45) is 0 Å². The molecule has 0 amide bonds. The van der Waals surface area contributed by atoms with Crippen molar-refractivity contribution in [1.82, 2.24) is 15.2 Å². The molecule has 2 rings (SSSR count). The SMILES string of the molecule is S=c1nc(-c2cc(Cl)cc(Br)c2)[nH][nH]1. The lowest BCUT2D eigenvalue weighted by atomic mass is 10.2. The van der Waals surface area contributed by atoms with E-state index in [0.29, 0.717) is 15.6 Å². The fourth-order valence-electron chi connectivity index (χ4n) is 1.10. The maximum Gasteiger partial charge on any atom is 0.213 e. The van der Waals surface area contributed by atoms with Crippen molar-refractivity contribution in [3.63, 3.8) is 0 Å². The summed E-state index contributed by atoms with van der Waals surface area (Å²) in [4.78, 5) is 4.09. The Kier molecular flexibility index (Phi) is 2.71. The monoisotopic (exact) mass is 289 g/mol. The van der Waals surface area contributed by atoms with Crippen LogP contribution in [-0.2, 0) is 0 Å². The summed E-state index contributed by atoms with van der Waals surface area (Å²) in [5.41, 5.74) is 0.886. The molecule has 1 heterocycles. The van der Waals surface area contributed by atoms with E-state index in [-0.39, 0.29) is 0 Å². The lowest BCUT2D eigenvalue weighted by Crippen LogP contribution is -1.81. The van der Waals surface area contributed by atoms with Gasteiger partial charge in [-0.25, -0.2) is 0 Å². The second kappa shape index (κ2) is 3.84. The van der Waals surface area contributed by atoms with Gasteiger partial charge in [0.05, 0.1) is 0 Å². The zero-order chi connectivity index (χ0) is 10.1. The molecule has 0 saturated heterocycles. The third-order valence-corrected chi connectivity index (χ3v) is 2.51. The van der Waals surface area contributed by atoms with Crippen molar-refractivity contribution >= 4 is 39.7 Å². The molecule has 2 N–H and O–H groups in total. The van der Waals surface area contributed by atoms with Crippen LogP contribution in [0.4, 0.5) is 0 Å². The van der Waals surface area contributed by atoms with Crippen molar-refractivity contribution in [3.05, 3.63) is 32.5 Å². The van der Waals surface area contributed by atoms with E-state index >= 15 is 0 Å². The summed E-state index contributed by atoms with van der Waals surface area (Å²) in [6, 6.07) is 5.54. The minimum absolute atomic E-state index is 0.427. The van der Waals surface area contributed by atoms with Crippen LogP contribution in [0.5, 0.6) is 0 Å². The molecule has 0 radical (unpaired) electrons. The van der Waals surface area contributed by atoms with Crippen molar-refractivity contribution in [3.8, 4) is 11.4 Å². The fourth-order valence-corrected chi connectivity index (χ4v) is 2.10. The number of nitrogens with zero attached hydrogens (tertiary/aromatic N) is 1. The minimum Gasteiger partial charge on any atom is -0.282 e. The van der Waals surface area contributed by atoms with E-state index in [9.17, 15) is 0 Å². The van der Waals surface area contributed by atoms with Gasteiger partial charge in [0.2, 0.25) is 4.77 Å². The second-order valence-electron chi connectivity index (χ2n) is 2.67. The number of benzene rings is 1. The van der Waals surface area contributed by atoms with Gasteiger partial charge in [0.25, 0.3) is 0 Å². The van der Waals surface area contributed by atoms with Crippen LogP contribution >= 0.6 is 39.7 Å². The number of H-pyrrole nitrogens is 2. The molecule has 2 aromatic rings. The van der Waals surface area contributed by atoms with Gasteiger partial charge in [0.1, 0.15) is 0 Å². The van der Waals surface area contributed by atoms with E-state index in [1.807, 2.05) is 18.2 Å². The van der Waals surface area contributed by atoms with Gasteiger partial charge in [0, 0.05) is 15.1 Å². The Balaban J connectivity index is 2.56. The van der Waals surface area contributed by atoms with Gasteiger partial charge >= 0.3 is 0 Å². The summed E-state index contributed by atoms with van der Waals surface area (Å²) < 4.78 is 1.33. The van der Waals surface area contributed by atoms with Gasteiger partial charge in [-0.05, 0) is 30.4 Å². The number of aromatic nitrogens is 3. The van der Waals surface area contributed by atoms with Crippen LogP contribution in [0.1, 0.15) is 0 Å². The predicted octanol–water partition coefficient (Wildman–Crippen LogP) is 3.55. The van der Waals surface area contributed by atoms with Gasteiger partial charge < -0.3 is 0 Å². The third-order valence-electron chi connectivity index (χ3n) is 1.64. The van der Waals surface area contributed by atoms with Crippen molar-refractivity contribution in [2.45, 2.75) is 0 Å². The largest absolute Gasteiger partial charge is 0.282 e. The summed E-state index contributed by atoms with van der Waals surface area (Å²) >= 11 is 14.1. The number of hydrogen-bond acceptors (Lipinski definition) is 2. The van der Waals surface area contributed by atoms with E-state index in [1.165, 1.54) is 0 Å².